The molecule has 2 rings (SSSR count). The molecule has 1 aromatic heterocycles. The second-order valence-corrected chi connectivity index (χ2v) is 6.14. The first-order chi connectivity index (χ1) is 7.99. The molecule has 0 saturated heterocycles. The summed E-state index contributed by atoms with van der Waals surface area (Å²) < 4.78 is 0. The number of carbonyl (C=O) groups is 1. The molecule has 94 valence electrons. The van der Waals surface area contributed by atoms with E-state index in [0.29, 0.717) is 18.8 Å². The molecule has 1 aliphatic rings. The summed E-state index contributed by atoms with van der Waals surface area (Å²) in [5.74, 6) is 0.573. The van der Waals surface area contributed by atoms with Crippen molar-refractivity contribution in [2.75, 3.05) is 0 Å². The Hall–Kier alpha value is -0.740. The molecule has 1 aliphatic carbocycles. The van der Waals surface area contributed by atoms with Gasteiger partial charge in [-0.15, -0.1) is 11.3 Å². The third-order valence-electron chi connectivity index (χ3n) is 3.60. The predicted octanol–water partition coefficient (Wildman–Crippen LogP) is 2.50. The number of hydrogen-bond acceptors (Lipinski definition) is 4. The summed E-state index contributed by atoms with van der Waals surface area (Å²) in [5.41, 5.74) is -0.145. The molecule has 0 aromatic carbocycles. The van der Waals surface area contributed by atoms with E-state index in [0.717, 1.165) is 23.5 Å². The minimum atomic E-state index is -1.09. The van der Waals surface area contributed by atoms with Gasteiger partial charge in [-0.25, -0.2) is 4.98 Å². The molecule has 0 spiro atoms. The maximum absolute atomic E-state index is 12.1. The molecule has 0 aliphatic heterocycles. The lowest BCUT2D eigenvalue weighted by molar-refractivity contribution is -0.140. The molecule has 0 atom stereocenters. The Morgan fingerprint density at radius 2 is 2.24 bits per heavy atom. The van der Waals surface area contributed by atoms with E-state index in [4.69, 9.17) is 0 Å². The van der Waals surface area contributed by atoms with Crippen molar-refractivity contribution in [2.45, 2.75) is 51.6 Å². The standard InChI is InChI=1S/C13H19NO2S/c1-9-3-5-13(16,6-4-9)11(15)7-12-14-10(2)8-17-12/h8-9,16H,3-7H2,1-2H3. The number of aliphatic hydroxyl groups is 1. The van der Waals surface area contributed by atoms with Gasteiger partial charge in [-0.2, -0.15) is 0 Å². The average Bonchev–Trinajstić information content (AvgIpc) is 2.68. The van der Waals surface area contributed by atoms with Gasteiger partial charge in [0.2, 0.25) is 0 Å². The van der Waals surface area contributed by atoms with Crippen LogP contribution in [0.25, 0.3) is 0 Å². The molecule has 3 nitrogen and oxygen atoms in total. The zero-order valence-corrected chi connectivity index (χ0v) is 11.2. The highest BCUT2D eigenvalue weighted by Gasteiger charge is 2.38. The lowest BCUT2D eigenvalue weighted by Gasteiger charge is -2.33. The summed E-state index contributed by atoms with van der Waals surface area (Å²) in [6, 6.07) is 0. The Kier molecular flexibility index (Phi) is 3.64. The summed E-state index contributed by atoms with van der Waals surface area (Å²) in [5, 5.41) is 13.1. The van der Waals surface area contributed by atoms with Gasteiger partial charge in [0.05, 0.1) is 6.42 Å². The van der Waals surface area contributed by atoms with Gasteiger partial charge >= 0.3 is 0 Å². The Bertz CT molecular complexity index is 405. The third-order valence-corrected chi connectivity index (χ3v) is 4.57. The van der Waals surface area contributed by atoms with Crippen molar-refractivity contribution < 1.29 is 9.90 Å². The zero-order chi connectivity index (χ0) is 12.5. The normalized spacial score (nSPS) is 29.2. The quantitative estimate of drug-likeness (QED) is 0.900. The maximum atomic E-state index is 12.1. The molecule has 1 aromatic rings. The molecular weight excluding hydrogens is 234 g/mol. The van der Waals surface area contributed by atoms with E-state index in [-0.39, 0.29) is 12.2 Å². The molecule has 1 saturated carbocycles. The Morgan fingerprint density at radius 3 is 2.76 bits per heavy atom. The van der Waals surface area contributed by atoms with E-state index in [1.807, 2.05) is 12.3 Å². The van der Waals surface area contributed by atoms with Crippen LogP contribution in [-0.2, 0) is 11.2 Å². The largest absolute Gasteiger partial charge is 0.382 e. The van der Waals surface area contributed by atoms with E-state index in [1.165, 1.54) is 11.3 Å². The summed E-state index contributed by atoms with van der Waals surface area (Å²) >= 11 is 1.50. The van der Waals surface area contributed by atoms with Gasteiger partial charge in [0, 0.05) is 11.1 Å². The van der Waals surface area contributed by atoms with Crippen molar-refractivity contribution in [1.82, 2.24) is 4.98 Å². The molecule has 1 N–H and O–H groups in total. The first-order valence-electron chi connectivity index (χ1n) is 6.16. The molecule has 1 heterocycles. The highest BCUT2D eigenvalue weighted by atomic mass is 32.1. The van der Waals surface area contributed by atoms with Crippen LogP contribution in [0.3, 0.4) is 0 Å². The predicted molar refractivity (Wildman–Crippen MR) is 68.1 cm³/mol. The van der Waals surface area contributed by atoms with Crippen LogP contribution in [0.1, 0.15) is 43.3 Å². The van der Waals surface area contributed by atoms with Crippen molar-refractivity contribution >= 4 is 17.1 Å². The second kappa shape index (κ2) is 4.86. The summed E-state index contributed by atoms with van der Waals surface area (Å²) in [4.78, 5) is 16.4. The van der Waals surface area contributed by atoms with Crippen LogP contribution < -0.4 is 0 Å². The number of aryl methyl sites for hydroxylation is 1. The third kappa shape index (κ3) is 2.93. The molecule has 0 bridgehead atoms. The SMILES string of the molecule is Cc1csc(CC(=O)C2(O)CCC(C)CC2)n1. The molecule has 4 heteroatoms. The molecule has 17 heavy (non-hydrogen) atoms. The molecule has 0 radical (unpaired) electrons. The highest BCUT2D eigenvalue weighted by molar-refractivity contribution is 7.09. The number of aromatic nitrogens is 1. The lowest BCUT2D eigenvalue weighted by atomic mass is 9.76. The van der Waals surface area contributed by atoms with E-state index in [9.17, 15) is 9.90 Å². The van der Waals surface area contributed by atoms with Crippen LogP contribution >= 0.6 is 11.3 Å². The van der Waals surface area contributed by atoms with E-state index in [1.54, 1.807) is 0 Å². The Morgan fingerprint density at radius 1 is 1.59 bits per heavy atom. The highest BCUT2D eigenvalue weighted by Crippen LogP contribution is 2.33. The minimum absolute atomic E-state index is 0.0567. The van der Waals surface area contributed by atoms with E-state index in [2.05, 4.69) is 11.9 Å². The first-order valence-corrected chi connectivity index (χ1v) is 7.04. The smallest absolute Gasteiger partial charge is 0.171 e. The lowest BCUT2D eigenvalue weighted by Crippen LogP contribution is -2.42. The minimum Gasteiger partial charge on any atom is -0.382 e. The van der Waals surface area contributed by atoms with Crippen LogP contribution in [0, 0.1) is 12.8 Å². The van der Waals surface area contributed by atoms with Gasteiger partial charge in [-0.05, 0) is 38.5 Å². The number of Topliss-reactive ketones (excluding diaryl/α,β-unsaturated/α-hetero) is 1. The van der Waals surface area contributed by atoms with Gasteiger partial charge in [-0.1, -0.05) is 6.92 Å². The van der Waals surface area contributed by atoms with Crippen LogP contribution in [0.5, 0.6) is 0 Å². The van der Waals surface area contributed by atoms with Crippen molar-refractivity contribution in [3.05, 3.63) is 16.1 Å². The Balaban J connectivity index is 2.00. The maximum Gasteiger partial charge on any atom is 0.171 e. The van der Waals surface area contributed by atoms with Crippen molar-refractivity contribution in [1.29, 1.82) is 0 Å². The monoisotopic (exact) mass is 253 g/mol. The van der Waals surface area contributed by atoms with Gasteiger partial charge in [0.15, 0.2) is 5.78 Å². The van der Waals surface area contributed by atoms with Gasteiger partial charge in [0.1, 0.15) is 10.6 Å². The Labute approximate surface area is 106 Å². The molecule has 1 fully saturated rings. The summed E-state index contributed by atoms with van der Waals surface area (Å²) in [6.45, 7) is 4.09. The fraction of sp³-hybridized carbons (Fsp3) is 0.692. The zero-order valence-electron chi connectivity index (χ0n) is 10.4. The second-order valence-electron chi connectivity index (χ2n) is 5.20. The van der Waals surface area contributed by atoms with Crippen LogP contribution in [-0.4, -0.2) is 21.5 Å². The topological polar surface area (TPSA) is 50.2 Å². The van der Waals surface area contributed by atoms with Crippen molar-refractivity contribution in [3.8, 4) is 0 Å². The number of hydrogen-bond donors (Lipinski definition) is 1. The van der Waals surface area contributed by atoms with Crippen molar-refractivity contribution in [3.63, 3.8) is 0 Å². The first kappa shape index (κ1) is 12.7. The molecular formula is C13H19NO2S. The van der Waals surface area contributed by atoms with Crippen LogP contribution in [0.2, 0.25) is 0 Å². The average molecular weight is 253 g/mol. The number of thiazole rings is 1. The van der Waals surface area contributed by atoms with Gasteiger partial charge in [0.25, 0.3) is 0 Å². The fourth-order valence-electron chi connectivity index (χ4n) is 2.30. The summed E-state index contributed by atoms with van der Waals surface area (Å²) in [6.07, 6.45) is 3.39. The summed E-state index contributed by atoms with van der Waals surface area (Å²) in [7, 11) is 0. The molecule has 0 unspecified atom stereocenters. The van der Waals surface area contributed by atoms with Gasteiger partial charge in [-0.3, -0.25) is 4.79 Å². The number of carbonyl (C=O) groups excluding carboxylic acids is 1. The van der Waals surface area contributed by atoms with Crippen molar-refractivity contribution in [2.24, 2.45) is 5.92 Å². The van der Waals surface area contributed by atoms with Crippen LogP contribution in [0.4, 0.5) is 0 Å². The van der Waals surface area contributed by atoms with E-state index >= 15 is 0 Å². The number of nitrogens with zero attached hydrogens (tertiary/aromatic N) is 1. The fourth-order valence-corrected chi connectivity index (χ4v) is 3.07. The number of rotatable bonds is 3. The van der Waals surface area contributed by atoms with E-state index < -0.39 is 5.60 Å². The van der Waals surface area contributed by atoms with Crippen LogP contribution in [0.15, 0.2) is 5.38 Å². The van der Waals surface area contributed by atoms with Gasteiger partial charge < -0.3 is 5.11 Å². The number of ketones is 1. The molecule has 0 amide bonds.